The molecular weight excluding hydrogens is 292 g/mol. The summed E-state index contributed by atoms with van der Waals surface area (Å²) in [5, 5.41) is 13.0. The number of thiophene rings is 1. The Morgan fingerprint density at radius 1 is 1.43 bits per heavy atom. The van der Waals surface area contributed by atoms with E-state index in [4.69, 9.17) is 5.11 Å². The lowest BCUT2D eigenvalue weighted by atomic mass is 10.2. The molecule has 0 fully saturated rings. The first kappa shape index (κ1) is 16.9. The van der Waals surface area contributed by atoms with Crippen molar-refractivity contribution in [3.63, 3.8) is 0 Å². The van der Waals surface area contributed by atoms with E-state index in [-0.39, 0.29) is 24.4 Å². The average Bonchev–Trinajstić information content (AvgIpc) is 2.82. The van der Waals surface area contributed by atoms with Crippen LogP contribution < -0.4 is 5.32 Å². The second-order valence-electron chi connectivity index (χ2n) is 4.76. The number of carboxylic acid groups (broad SMARTS) is 1. The molecule has 0 spiro atoms. The summed E-state index contributed by atoms with van der Waals surface area (Å²) in [6.07, 6.45) is 2.35. The molecule has 0 aliphatic heterocycles. The average molecular weight is 310 g/mol. The Bertz CT molecular complexity index is 563. The number of nitrogens with one attached hydrogen (secondary N) is 1. The van der Waals surface area contributed by atoms with Crippen LogP contribution in [0.25, 0.3) is 6.08 Å². The number of nitrogens with zero attached hydrogens (tertiary/aromatic N) is 1. The van der Waals surface area contributed by atoms with Gasteiger partial charge < -0.3 is 15.3 Å². The van der Waals surface area contributed by atoms with E-state index in [9.17, 15) is 14.4 Å². The molecule has 2 N–H and O–H groups in total. The summed E-state index contributed by atoms with van der Waals surface area (Å²) in [5.41, 5.74) is 0.531. The quantitative estimate of drug-likeness (QED) is 0.778. The van der Waals surface area contributed by atoms with Crippen LogP contribution >= 0.6 is 11.3 Å². The molecule has 1 aromatic rings. The number of hydrogen-bond donors (Lipinski definition) is 2. The highest BCUT2D eigenvalue weighted by Gasteiger charge is 2.18. The van der Waals surface area contributed by atoms with Crippen molar-refractivity contribution in [2.45, 2.75) is 19.9 Å². The standard InChI is InChI=1S/C14H18N2O4S/c1-9(2)15-11(17)8-16(3)14(20)13-10(6-7-21-13)4-5-12(18)19/h4-7,9H,8H2,1-3H3,(H,15,17)(H,18,19). The molecule has 2 amide bonds. The number of carboxylic acids is 1. The zero-order valence-electron chi connectivity index (χ0n) is 12.1. The lowest BCUT2D eigenvalue weighted by Gasteiger charge is -2.17. The Labute approximate surface area is 127 Å². The van der Waals surface area contributed by atoms with Crippen LogP contribution in [0.4, 0.5) is 0 Å². The summed E-state index contributed by atoms with van der Waals surface area (Å²) < 4.78 is 0. The molecular formula is C14H18N2O4S. The summed E-state index contributed by atoms with van der Waals surface area (Å²) in [6, 6.07) is 1.68. The smallest absolute Gasteiger partial charge is 0.328 e. The molecule has 1 heterocycles. The van der Waals surface area contributed by atoms with Crippen molar-refractivity contribution in [1.82, 2.24) is 10.2 Å². The summed E-state index contributed by atoms with van der Waals surface area (Å²) in [6.45, 7) is 3.64. The number of carbonyl (C=O) groups excluding carboxylic acids is 2. The van der Waals surface area contributed by atoms with Gasteiger partial charge in [-0.15, -0.1) is 11.3 Å². The Balaban J connectivity index is 2.77. The van der Waals surface area contributed by atoms with Gasteiger partial charge in [0, 0.05) is 19.2 Å². The zero-order valence-corrected chi connectivity index (χ0v) is 12.9. The fraction of sp³-hybridized carbons (Fsp3) is 0.357. The molecule has 0 atom stereocenters. The highest BCUT2D eigenvalue weighted by atomic mass is 32.1. The van der Waals surface area contributed by atoms with Crippen LogP contribution in [0.1, 0.15) is 29.1 Å². The summed E-state index contributed by atoms with van der Waals surface area (Å²) in [4.78, 5) is 36.2. The van der Waals surface area contributed by atoms with Crippen molar-refractivity contribution in [1.29, 1.82) is 0 Å². The molecule has 21 heavy (non-hydrogen) atoms. The van der Waals surface area contributed by atoms with Crippen molar-refractivity contribution in [2.75, 3.05) is 13.6 Å². The molecule has 7 heteroatoms. The highest BCUT2D eigenvalue weighted by Crippen LogP contribution is 2.20. The van der Waals surface area contributed by atoms with E-state index in [1.54, 1.807) is 11.4 Å². The minimum atomic E-state index is -1.08. The van der Waals surface area contributed by atoms with Crippen LogP contribution in [0.5, 0.6) is 0 Å². The maximum absolute atomic E-state index is 12.3. The SMILES string of the molecule is CC(C)NC(=O)CN(C)C(=O)c1sccc1C=CC(=O)O. The number of rotatable bonds is 6. The van der Waals surface area contributed by atoms with Crippen LogP contribution in [0.2, 0.25) is 0 Å². The largest absolute Gasteiger partial charge is 0.478 e. The predicted octanol–water partition coefficient (Wildman–Crippen LogP) is 1.44. The topological polar surface area (TPSA) is 86.7 Å². The first-order valence-corrected chi connectivity index (χ1v) is 7.22. The van der Waals surface area contributed by atoms with Gasteiger partial charge in [-0.2, -0.15) is 0 Å². The first-order valence-electron chi connectivity index (χ1n) is 6.34. The van der Waals surface area contributed by atoms with Gasteiger partial charge >= 0.3 is 5.97 Å². The molecule has 114 valence electrons. The summed E-state index contributed by atoms with van der Waals surface area (Å²) in [5.74, 6) is -1.63. The molecule has 1 rings (SSSR count). The van der Waals surface area contributed by atoms with Gasteiger partial charge in [0.05, 0.1) is 11.4 Å². The van der Waals surface area contributed by atoms with Crippen LogP contribution in [0.3, 0.4) is 0 Å². The van der Waals surface area contributed by atoms with E-state index in [0.717, 1.165) is 6.08 Å². The van der Waals surface area contributed by atoms with Crippen molar-refractivity contribution >= 4 is 35.2 Å². The third kappa shape index (κ3) is 5.39. The molecule has 0 aromatic carbocycles. The van der Waals surface area contributed by atoms with Crippen LogP contribution in [-0.2, 0) is 9.59 Å². The van der Waals surface area contributed by atoms with E-state index in [1.165, 1.54) is 29.4 Å². The summed E-state index contributed by atoms with van der Waals surface area (Å²) >= 11 is 1.21. The highest BCUT2D eigenvalue weighted by molar-refractivity contribution is 7.12. The van der Waals surface area contributed by atoms with Gasteiger partial charge in [0.15, 0.2) is 0 Å². The Kier molecular flexibility index (Phi) is 6.10. The third-order valence-electron chi connectivity index (χ3n) is 2.47. The Morgan fingerprint density at radius 3 is 2.67 bits per heavy atom. The Hall–Kier alpha value is -2.15. The van der Waals surface area contributed by atoms with Gasteiger partial charge in [0.1, 0.15) is 0 Å². The van der Waals surface area contributed by atoms with Crippen LogP contribution in [-0.4, -0.2) is 47.4 Å². The molecule has 0 aliphatic carbocycles. The fourth-order valence-electron chi connectivity index (χ4n) is 1.61. The predicted molar refractivity (Wildman–Crippen MR) is 81.2 cm³/mol. The van der Waals surface area contributed by atoms with Gasteiger partial charge in [-0.25, -0.2) is 4.79 Å². The molecule has 6 nitrogen and oxygen atoms in total. The number of amides is 2. The number of hydrogen-bond acceptors (Lipinski definition) is 4. The minimum Gasteiger partial charge on any atom is -0.478 e. The lowest BCUT2D eigenvalue weighted by Crippen LogP contribution is -2.40. The fourth-order valence-corrected chi connectivity index (χ4v) is 2.49. The molecule has 0 saturated heterocycles. The Morgan fingerprint density at radius 2 is 2.10 bits per heavy atom. The molecule has 0 aliphatic rings. The van der Waals surface area contributed by atoms with E-state index >= 15 is 0 Å². The first-order chi connectivity index (χ1) is 9.81. The van der Waals surface area contributed by atoms with Gasteiger partial charge in [-0.3, -0.25) is 9.59 Å². The summed E-state index contributed by atoms with van der Waals surface area (Å²) in [7, 11) is 1.53. The molecule has 1 aromatic heterocycles. The maximum atomic E-state index is 12.3. The molecule has 0 radical (unpaired) electrons. The van der Waals surface area contributed by atoms with Gasteiger partial charge in [0.25, 0.3) is 5.91 Å². The number of aliphatic carboxylic acids is 1. The monoisotopic (exact) mass is 310 g/mol. The molecule has 0 unspecified atom stereocenters. The van der Waals surface area contributed by atoms with E-state index < -0.39 is 5.97 Å². The third-order valence-corrected chi connectivity index (χ3v) is 3.39. The molecule has 0 bridgehead atoms. The second-order valence-corrected chi connectivity index (χ2v) is 5.68. The van der Waals surface area contributed by atoms with E-state index in [2.05, 4.69) is 5.32 Å². The van der Waals surface area contributed by atoms with Gasteiger partial charge in [-0.1, -0.05) is 0 Å². The van der Waals surface area contributed by atoms with Crippen LogP contribution in [0, 0.1) is 0 Å². The lowest BCUT2D eigenvalue weighted by molar-refractivity contribution is -0.131. The normalized spacial score (nSPS) is 10.9. The van der Waals surface area contributed by atoms with Crippen molar-refractivity contribution in [3.8, 4) is 0 Å². The van der Waals surface area contributed by atoms with Crippen LogP contribution in [0.15, 0.2) is 17.5 Å². The van der Waals surface area contributed by atoms with E-state index in [1.807, 2.05) is 13.8 Å². The van der Waals surface area contributed by atoms with Crippen molar-refractivity contribution in [2.24, 2.45) is 0 Å². The van der Waals surface area contributed by atoms with E-state index in [0.29, 0.717) is 10.4 Å². The zero-order chi connectivity index (χ0) is 16.0. The van der Waals surface area contributed by atoms with Gasteiger partial charge in [-0.05, 0) is 36.9 Å². The van der Waals surface area contributed by atoms with Crippen molar-refractivity contribution < 1.29 is 19.5 Å². The molecule has 0 saturated carbocycles. The minimum absolute atomic E-state index is 0.0109. The van der Waals surface area contributed by atoms with Crippen molar-refractivity contribution in [3.05, 3.63) is 28.0 Å². The van der Waals surface area contributed by atoms with Gasteiger partial charge in [0.2, 0.25) is 5.91 Å². The number of carbonyl (C=O) groups is 3. The second kappa shape index (κ2) is 7.58. The number of likely N-dealkylation sites (N-methyl/N-ethyl adjacent to an activating group) is 1. The maximum Gasteiger partial charge on any atom is 0.328 e.